The quantitative estimate of drug-likeness (QED) is 0.801. The first-order valence-corrected chi connectivity index (χ1v) is 5.47. The summed E-state index contributed by atoms with van der Waals surface area (Å²) in [5.74, 6) is 0.866. The van der Waals surface area contributed by atoms with Crippen LogP contribution in [0.1, 0.15) is 24.4 Å². The van der Waals surface area contributed by atoms with Crippen LogP contribution in [-0.4, -0.2) is 21.7 Å². The summed E-state index contributed by atoms with van der Waals surface area (Å²) in [6, 6.07) is 2.23. The van der Waals surface area contributed by atoms with Gasteiger partial charge in [0.05, 0.1) is 6.04 Å². The Kier molecular flexibility index (Phi) is 2.90. The SMILES string of the molecule is CCNC(c1ccsc1)c1ncn[nH]1. The van der Waals surface area contributed by atoms with E-state index in [9.17, 15) is 0 Å². The lowest BCUT2D eigenvalue weighted by Crippen LogP contribution is -2.22. The van der Waals surface area contributed by atoms with E-state index in [0.29, 0.717) is 0 Å². The number of aromatic nitrogens is 3. The van der Waals surface area contributed by atoms with Crippen molar-refractivity contribution in [2.24, 2.45) is 0 Å². The minimum Gasteiger partial charge on any atom is -0.304 e. The van der Waals surface area contributed by atoms with Gasteiger partial charge in [-0.25, -0.2) is 4.98 Å². The number of aromatic amines is 1. The van der Waals surface area contributed by atoms with E-state index >= 15 is 0 Å². The molecule has 0 aromatic carbocycles. The fourth-order valence-corrected chi connectivity index (χ4v) is 2.06. The lowest BCUT2D eigenvalue weighted by atomic mass is 10.1. The molecule has 2 N–H and O–H groups in total. The summed E-state index contributed by atoms with van der Waals surface area (Å²) in [5, 5.41) is 14.3. The molecule has 0 saturated heterocycles. The number of H-pyrrole nitrogens is 1. The smallest absolute Gasteiger partial charge is 0.146 e. The molecule has 2 heterocycles. The van der Waals surface area contributed by atoms with E-state index in [4.69, 9.17) is 0 Å². The van der Waals surface area contributed by atoms with Gasteiger partial charge in [-0.1, -0.05) is 6.92 Å². The maximum absolute atomic E-state index is 4.17. The Labute approximate surface area is 86.4 Å². The van der Waals surface area contributed by atoms with Gasteiger partial charge in [0.25, 0.3) is 0 Å². The summed E-state index contributed by atoms with van der Waals surface area (Å²) in [5.41, 5.74) is 1.23. The summed E-state index contributed by atoms with van der Waals surface area (Å²) in [7, 11) is 0. The minimum absolute atomic E-state index is 0.133. The van der Waals surface area contributed by atoms with Crippen LogP contribution in [0.5, 0.6) is 0 Å². The molecule has 1 unspecified atom stereocenters. The van der Waals surface area contributed by atoms with Crippen molar-refractivity contribution in [3.05, 3.63) is 34.5 Å². The Bertz CT molecular complexity index is 320. The molecule has 0 spiro atoms. The standard InChI is InChI=1S/C9H12N4S/c1-2-10-8(7-3-4-14-5-7)9-11-6-12-13-9/h3-6,8,10H,2H2,1H3,(H,11,12,13). The molecule has 0 radical (unpaired) electrons. The van der Waals surface area contributed by atoms with Gasteiger partial charge in [-0.3, -0.25) is 5.10 Å². The maximum atomic E-state index is 4.17. The van der Waals surface area contributed by atoms with Crippen molar-refractivity contribution in [1.82, 2.24) is 20.5 Å². The van der Waals surface area contributed by atoms with Crippen LogP contribution in [0.4, 0.5) is 0 Å². The third kappa shape index (κ3) is 1.83. The molecule has 0 saturated carbocycles. The molecule has 0 aliphatic heterocycles. The van der Waals surface area contributed by atoms with E-state index in [2.05, 4.69) is 44.2 Å². The highest BCUT2D eigenvalue weighted by Crippen LogP contribution is 2.20. The van der Waals surface area contributed by atoms with Crippen molar-refractivity contribution in [2.75, 3.05) is 6.54 Å². The minimum atomic E-state index is 0.133. The number of nitrogens with zero attached hydrogens (tertiary/aromatic N) is 2. The predicted octanol–water partition coefficient (Wildman–Crippen LogP) is 1.57. The second-order valence-electron chi connectivity index (χ2n) is 2.92. The first-order chi connectivity index (χ1) is 6.92. The largest absolute Gasteiger partial charge is 0.304 e. The van der Waals surface area contributed by atoms with Crippen LogP contribution in [0.2, 0.25) is 0 Å². The molecule has 4 nitrogen and oxygen atoms in total. The average Bonchev–Trinajstić information content (AvgIpc) is 2.87. The Morgan fingerprint density at radius 1 is 1.64 bits per heavy atom. The van der Waals surface area contributed by atoms with E-state index in [1.54, 1.807) is 11.3 Å². The first-order valence-electron chi connectivity index (χ1n) is 4.52. The Hall–Kier alpha value is -1.20. The lowest BCUT2D eigenvalue weighted by molar-refractivity contribution is 0.601. The van der Waals surface area contributed by atoms with E-state index in [-0.39, 0.29) is 6.04 Å². The Balaban J connectivity index is 2.25. The van der Waals surface area contributed by atoms with Gasteiger partial charge in [-0.15, -0.1) is 0 Å². The fourth-order valence-electron chi connectivity index (χ4n) is 1.37. The zero-order valence-corrected chi connectivity index (χ0v) is 8.71. The summed E-state index contributed by atoms with van der Waals surface area (Å²) in [6.45, 7) is 2.98. The zero-order chi connectivity index (χ0) is 9.80. The lowest BCUT2D eigenvalue weighted by Gasteiger charge is -2.13. The van der Waals surface area contributed by atoms with Crippen molar-refractivity contribution >= 4 is 11.3 Å². The molecule has 14 heavy (non-hydrogen) atoms. The van der Waals surface area contributed by atoms with Crippen molar-refractivity contribution < 1.29 is 0 Å². The van der Waals surface area contributed by atoms with Crippen LogP contribution < -0.4 is 5.32 Å². The topological polar surface area (TPSA) is 53.6 Å². The third-order valence-electron chi connectivity index (χ3n) is 1.99. The summed E-state index contributed by atoms with van der Waals surface area (Å²) in [4.78, 5) is 4.17. The van der Waals surface area contributed by atoms with Crippen LogP contribution in [0.3, 0.4) is 0 Å². The van der Waals surface area contributed by atoms with E-state index in [0.717, 1.165) is 12.4 Å². The Morgan fingerprint density at radius 3 is 3.14 bits per heavy atom. The van der Waals surface area contributed by atoms with Crippen LogP contribution >= 0.6 is 11.3 Å². The van der Waals surface area contributed by atoms with Gasteiger partial charge in [0.15, 0.2) is 0 Å². The molecule has 2 aromatic rings. The number of hydrogen-bond donors (Lipinski definition) is 2. The van der Waals surface area contributed by atoms with Gasteiger partial charge >= 0.3 is 0 Å². The van der Waals surface area contributed by atoms with E-state index in [1.807, 2.05) is 0 Å². The number of nitrogens with one attached hydrogen (secondary N) is 2. The predicted molar refractivity (Wildman–Crippen MR) is 56.2 cm³/mol. The highest BCUT2D eigenvalue weighted by atomic mass is 32.1. The van der Waals surface area contributed by atoms with Crippen molar-refractivity contribution in [1.29, 1.82) is 0 Å². The van der Waals surface area contributed by atoms with Gasteiger partial charge in [-0.2, -0.15) is 16.4 Å². The fraction of sp³-hybridized carbons (Fsp3) is 0.333. The van der Waals surface area contributed by atoms with Gasteiger partial charge < -0.3 is 5.32 Å². The van der Waals surface area contributed by atoms with Gasteiger partial charge in [0.1, 0.15) is 12.2 Å². The molecular formula is C9H12N4S. The third-order valence-corrected chi connectivity index (χ3v) is 2.69. The van der Waals surface area contributed by atoms with Gasteiger partial charge in [0.2, 0.25) is 0 Å². The molecule has 74 valence electrons. The summed E-state index contributed by atoms with van der Waals surface area (Å²) < 4.78 is 0. The summed E-state index contributed by atoms with van der Waals surface area (Å²) in [6.07, 6.45) is 1.53. The molecule has 0 bridgehead atoms. The average molecular weight is 208 g/mol. The van der Waals surface area contributed by atoms with Crippen LogP contribution in [0.25, 0.3) is 0 Å². The molecule has 0 amide bonds. The number of rotatable bonds is 4. The van der Waals surface area contributed by atoms with Gasteiger partial charge in [-0.05, 0) is 28.9 Å². The highest BCUT2D eigenvalue weighted by Gasteiger charge is 2.15. The Morgan fingerprint density at radius 2 is 2.57 bits per heavy atom. The molecular weight excluding hydrogens is 196 g/mol. The first kappa shape index (κ1) is 9.36. The molecule has 0 fully saturated rings. The zero-order valence-electron chi connectivity index (χ0n) is 7.90. The maximum Gasteiger partial charge on any atom is 0.146 e. The molecule has 0 aliphatic carbocycles. The van der Waals surface area contributed by atoms with Crippen molar-refractivity contribution in [3.63, 3.8) is 0 Å². The second kappa shape index (κ2) is 4.34. The molecule has 2 aromatic heterocycles. The van der Waals surface area contributed by atoms with E-state index < -0.39 is 0 Å². The van der Waals surface area contributed by atoms with Crippen LogP contribution in [0, 0.1) is 0 Å². The van der Waals surface area contributed by atoms with E-state index in [1.165, 1.54) is 11.9 Å². The number of thiophene rings is 1. The highest BCUT2D eigenvalue weighted by molar-refractivity contribution is 7.07. The van der Waals surface area contributed by atoms with Crippen molar-refractivity contribution in [3.8, 4) is 0 Å². The van der Waals surface area contributed by atoms with Crippen LogP contribution in [0.15, 0.2) is 23.2 Å². The second-order valence-corrected chi connectivity index (χ2v) is 3.70. The monoisotopic (exact) mass is 208 g/mol. The molecule has 5 heteroatoms. The normalized spacial score (nSPS) is 12.9. The summed E-state index contributed by atoms with van der Waals surface area (Å²) >= 11 is 1.69. The molecule has 2 rings (SSSR count). The number of hydrogen-bond acceptors (Lipinski definition) is 4. The van der Waals surface area contributed by atoms with Gasteiger partial charge in [0, 0.05) is 0 Å². The molecule has 1 atom stereocenters. The van der Waals surface area contributed by atoms with Crippen molar-refractivity contribution in [2.45, 2.75) is 13.0 Å². The van der Waals surface area contributed by atoms with Crippen LogP contribution in [-0.2, 0) is 0 Å². The molecule has 0 aliphatic rings.